The number of anilines is 6. The van der Waals surface area contributed by atoms with Crippen molar-refractivity contribution in [3.05, 3.63) is 454 Å². The highest BCUT2D eigenvalue weighted by Crippen LogP contribution is 2.37. The van der Waals surface area contributed by atoms with Gasteiger partial charge in [-0.1, -0.05) is 364 Å². The van der Waals surface area contributed by atoms with Gasteiger partial charge < -0.3 is 9.80 Å². The number of para-hydroxylation sites is 2. The first-order chi connectivity index (χ1) is 47.6. The summed E-state index contributed by atoms with van der Waals surface area (Å²) in [7, 11) is 0. The second kappa shape index (κ2) is 31.6. The highest BCUT2D eigenvalue weighted by atomic mass is 15.1. The molecule has 0 aliphatic heterocycles. The molecule has 13 aromatic carbocycles. The highest BCUT2D eigenvalue weighted by Gasteiger charge is 2.14. The predicted octanol–water partition coefficient (Wildman–Crippen LogP) is 25.6. The minimum Gasteiger partial charge on any atom is -0.311 e. The van der Waals surface area contributed by atoms with E-state index >= 15 is 0 Å². The van der Waals surface area contributed by atoms with Gasteiger partial charge in [0, 0.05) is 34.1 Å². The van der Waals surface area contributed by atoms with E-state index in [1.165, 1.54) is 33.4 Å². The fourth-order valence-corrected chi connectivity index (χ4v) is 11.6. The number of allylic oxidation sites excluding steroid dienone is 4. The minimum atomic E-state index is 1.09. The summed E-state index contributed by atoms with van der Waals surface area (Å²) in [5, 5.41) is 0. The summed E-state index contributed by atoms with van der Waals surface area (Å²) in [4.78, 5) is 4.61. The second-order valence-corrected chi connectivity index (χ2v) is 23.4. The molecule has 0 N–H and O–H groups in total. The highest BCUT2D eigenvalue weighted by molar-refractivity contribution is 5.85. The molecular formula is C94H72N2. The number of hydrogen-bond donors (Lipinski definition) is 0. The summed E-state index contributed by atoms with van der Waals surface area (Å²) < 4.78 is 0. The van der Waals surface area contributed by atoms with E-state index in [2.05, 4.69) is 447 Å². The van der Waals surface area contributed by atoms with E-state index in [4.69, 9.17) is 0 Å². The van der Waals surface area contributed by atoms with Crippen LogP contribution in [0.25, 0.3) is 71.9 Å². The SMILES string of the molecule is C(=Cc1ccc(C=Cc2ccc(N(c3ccccc3)c3ccc(C=Cc4ccc(C=Cc5ccc(N(c6ccccc6)c6ccc(C=Cc7ccc(C=CC=C(c8ccccc8)c8ccccc8)cc7)cc6)cc5)cc4)cc3)cc2)cc1)C=C(c1ccccc1)c1ccccc1. The Hall–Kier alpha value is -12.6. The molecule has 2 nitrogen and oxygen atoms in total. The maximum absolute atomic E-state index is 2.30. The summed E-state index contributed by atoms with van der Waals surface area (Å²) in [5.74, 6) is 0. The molecule has 0 aromatic heterocycles. The van der Waals surface area contributed by atoms with Crippen molar-refractivity contribution in [2.75, 3.05) is 9.80 Å². The zero-order valence-corrected chi connectivity index (χ0v) is 53.5. The first-order valence-corrected chi connectivity index (χ1v) is 32.7. The van der Waals surface area contributed by atoms with Gasteiger partial charge in [-0.2, -0.15) is 0 Å². The normalized spacial score (nSPS) is 11.5. The average Bonchev–Trinajstić information content (AvgIpc) is 0.895. The molecule has 0 saturated heterocycles. The lowest BCUT2D eigenvalue weighted by molar-refractivity contribution is 1.28. The van der Waals surface area contributed by atoms with Gasteiger partial charge in [-0.05, 0) is 162 Å². The summed E-state index contributed by atoms with van der Waals surface area (Å²) >= 11 is 0. The molecular weight excluding hydrogens is 1160 g/mol. The molecule has 0 bridgehead atoms. The molecule has 0 radical (unpaired) electrons. The van der Waals surface area contributed by atoms with E-state index in [-0.39, 0.29) is 0 Å². The lowest BCUT2D eigenvalue weighted by Gasteiger charge is -2.25. The molecule has 0 atom stereocenters. The number of rotatable bonds is 22. The van der Waals surface area contributed by atoms with E-state index < -0.39 is 0 Å². The molecule has 0 unspecified atom stereocenters. The smallest absolute Gasteiger partial charge is 0.0462 e. The van der Waals surface area contributed by atoms with Crippen molar-refractivity contribution in [2.45, 2.75) is 0 Å². The zero-order chi connectivity index (χ0) is 64.8. The van der Waals surface area contributed by atoms with Crippen molar-refractivity contribution in [2.24, 2.45) is 0 Å². The van der Waals surface area contributed by atoms with E-state index in [9.17, 15) is 0 Å². The van der Waals surface area contributed by atoms with Gasteiger partial charge >= 0.3 is 0 Å². The number of hydrogen-bond acceptors (Lipinski definition) is 2. The van der Waals surface area contributed by atoms with Gasteiger partial charge in [0.2, 0.25) is 0 Å². The van der Waals surface area contributed by atoms with Crippen LogP contribution in [0.5, 0.6) is 0 Å². The van der Waals surface area contributed by atoms with E-state index in [0.717, 1.165) is 89.8 Å². The maximum atomic E-state index is 2.30. The molecule has 0 aliphatic rings. The second-order valence-electron chi connectivity index (χ2n) is 23.4. The first-order valence-electron chi connectivity index (χ1n) is 32.7. The average molecular weight is 1230 g/mol. The van der Waals surface area contributed by atoms with Crippen LogP contribution >= 0.6 is 0 Å². The lowest BCUT2D eigenvalue weighted by atomic mass is 9.97. The molecule has 0 spiro atoms. The number of benzene rings is 13. The summed E-state index contributed by atoms with van der Waals surface area (Å²) in [5.41, 5.74) is 25.1. The van der Waals surface area contributed by atoms with Crippen LogP contribution in [0, 0.1) is 0 Å². The molecule has 0 fully saturated rings. The zero-order valence-electron chi connectivity index (χ0n) is 53.5. The van der Waals surface area contributed by atoms with Crippen LogP contribution in [0.4, 0.5) is 34.1 Å². The molecule has 0 amide bonds. The van der Waals surface area contributed by atoms with Gasteiger partial charge in [-0.3, -0.25) is 0 Å². The fourth-order valence-electron chi connectivity index (χ4n) is 11.6. The van der Waals surface area contributed by atoms with Crippen molar-refractivity contribution in [1.82, 2.24) is 0 Å². The Labute approximate surface area is 566 Å². The Morgan fingerprint density at radius 2 is 0.312 bits per heavy atom. The van der Waals surface area contributed by atoms with E-state index in [1.54, 1.807) is 0 Å². The van der Waals surface area contributed by atoms with Crippen molar-refractivity contribution in [3.8, 4) is 0 Å². The predicted molar refractivity (Wildman–Crippen MR) is 415 cm³/mol. The first kappa shape index (κ1) is 62.2. The third-order valence-electron chi connectivity index (χ3n) is 16.8. The molecule has 13 rings (SSSR count). The van der Waals surface area contributed by atoms with Crippen LogP contribution in [-0.4, -0.2) is 0 Å². The molecule has 0 aliphatic carbocycles. The van der Waals surface area contributed by atoms with Crippen molar-refractivity contribution in [3.63, 3.8) is 0 Å². The fraction of sp³-hybridized carbons (Fsp3) is 0. The van der Waals surface area contributed by atoms with Gasteiger partial charge in [-0.15, -0.1) is 0 Å². The Morgan fingerprint density at radius 3 is 0.510 bits per heavy atom. The quantitative estimate of drug-likeness (QED) is 0.0493. The summed E-state index contributed by atoms with van der Waals surface area (Å²) in [6.45, 7) is 0. The van der Waals surface area contributed by atoms with Gasteiger partial charge in [-0.25, -0.2) is 0 Å². The third-order valence-corrected chi connectivity index (χ3v) is 16.8. The molecule has 96 heavy (non-hydrogen) atoms. The van der Waals surface area contributed by atoms with E-state index in [1.807, 2.05) is 0 Å². The standard InChI is InChI=1S/C94H72N2/c1-7-23-83(24-8-1)93(84-25-9-2-10-26-84)35-19-21-73-37-41-75(42-38-73)49-53-79-57-65-89(66-58-79)95(87-31-15-5-16-32-87)91-69-61-81(62-70-91)55-51-77-45-47-78(48-46-77)52-56-82-63-71-92(72-64-82)96(88-33-17-6-18-34-88)90-67-59-80(60-68-90)54-50-76-43-39-74(40-44-76)22-20-36-94(85-27-11-3-12-28-85)86-29-13-4-14-30-86/h1-72H. The molecule has 2 heteroatoms. The molecule has 458 valence electrons. The largest absolute Gasteiger partial charge is 0.311 e. The maximum Gasteiger partial charge on any atom is 0.0462 e. The van der Waals surface area contributed by atoms with Crippen LogP contribution in [0.15, 0.2) is 376 Å². The summed E-state index contributed by atoms with van der Waals surface area (Å²) in [6, 6.07) is 125. The van der Waals surface area contributed by atoms with Gasteiger partial charge in [0.15, 0.2) is 0 Å². The van der Waals surface area contributed by atoms with Crippen LogP contribution in [0.1, 0.15) is 77.9 Å². The minimum absolute atomic E-state index is 1.09. The van der Waals surface area contributed by atoms with Crippen LogP contribution in [0.2, 0.25) is 0 Å². The molecule has 13 aromatic rings. The third kappa shape index (κ3) is 16.7. The van der Waals surface area contributed by atoms with Crippen molar-refractivity contribution < 1.29 is 0 Å². The Bertz CT molecular complexity index is 4440. The molecule has 0 heterocycles. The van der Waals surface area contributed by atoms with Crippen molar-refractivity contribution >= 4 is 106 Å². The van der Waals surface area contributed by atoms with Crippen LogP contribution in [0.3, 0.4) is 0 Å². The molecule has 0 saturated carbocycles. The van der Waals surface area contributed by atoms with Gasteiger partial charge in [0.1, 0.15) is 0 Å². The Morgan fingerprint density at radius 1 is 0.156 bits per heavy atom. The van der Waals surface area contributed by atoms with E-state index in [0.29, 0.717) is 0 Å². The lowest BCUT2D eigenvalue weighted by Crippen LogP contribution is -2.09. The number of nitrogens with zero attached hydrogens (tertiary/aromatic N) is 2. The topological polar surface area (TPSA) is 6.48 Å². The Kier molecular flexibility index (Phi) is 20.5. The van der Waals surface area contributed by atoms with Gasteiger partial charge in [0.25, 0.3) is 0 Å². The summed E-state index contributed by atoms with van der Waals surface area (Å²) in [6.07, 6.45) is 30.4. The van der Waals surface area contributed by atoms with Crippen molar-refractivity contribution in [1.29, 1.82) is 0 Å². The van der Waals surface area contributed by atoms with Gasteiger partial charge in [0.05, 0.1) is 0 Å². The van der Waals surface area contributed by atoms with Crippen LogP contribution < -0.4 is 9.80 Å². The monoisotopic (exact) mass is 1230 g/mol. The van der Waals surface area contributed by atoms with Crippen LogP contribution in [-0.2, 0) is 0 Å². The Balaban J connectivity index is 0.610.